The lowest BCUT2D eigenvalue weighted by atomic mass is 9.48. The second kappa shape index (κ2) is 19.7. The zero-order valence-electron chi connectivity index (χ0n) is 44.1. The number of methoxy groups -OCH3 is 2. The number of sulfonamides is 1. The maximum absolute atomic E-state index is 14.8. The molecule has 404 valence electrons. The number of nitro groups is 1. The molecule has 0 radical (unpaired) electrons. The summed E-state index contributed by atoms with van der Waals surface area (Å²) in [5, 5.41) is 16.0. The fourth-order valence-electron chi connectivity index (χ4n) is 14.8. The number of rotatable bonds is 17. The van der Waals surface area contributed by atoms with Crippen molar-refractivity contribution < 1.29 is 36.7 Å². The number of aromatic nitrogens is 2. The summed E-state index contributed by atoms with van der Waals surface area (Å²) in [6.07, 6.45) is 10.9. The van der Waals surface area contributed by atoms with Gasteiger partial charge in [-0.15, -0.1) is 0 Å². The number of benzene rings is 4. The van der Waals surface area contributed by atoms with Crippen molar-refractivity contribution in [2.24, 2.45) is 22.7 Å². The van der Waals surface area contributed by atoms with Gasteiger partial charge in [-0.2, -0.15) is 0 Å². The van der Waals surface area contributed by atoms with Crippen molar-refractivity contribution in [1.82, 2.24) is 24.5 Å². The van der Waals surface area contributed by atoms with Crippen molar-refractivity contribution in [3.63, 3.8) is 0 Å². The second-order valence-electron chi connectivity index (χ2n) is 23.6. The maximum atomic E-state index is 14.8. The van der Waals surface area contributed by atoms with E-state index in [2.05, 4.69) is 85.0 Å². The number of hydrogen-bond donors (Lipinski definition) is 3. The number of nitro benzene ring substituents is 1. The molecule has 13 rings (SSSR count). The molecule has 4 heterocycles. The van der Waals surface area contributed by atoms with Gasteiger partial charge < -0.3 is 29.4 Å². The SMILES string of the molecule is COc1ccc(CN2CCN(C3CC4(C3)CN(c3ccc(C(=O)NS(=O)(=O)c5ccc(NCC67C[C@H]8C[C@@H](C6)CC(OC)(C8)C7)c([N+](=O)[O-])c5)c(Oc5cnc6[nH]cc(F)c6c5)c3)C4)[C@H](c3ccccc3C(C)C)C2)cc1. The van der Waals surface area contributed by atoms with E-state index >= 15 is 0 Å². The summed E-state index contributed by atoms with van der Waals surface area (Å²) < 4.78 is 62.8. The number of ether oxygens (including phenoxy) is 3. The molecule has 18 heteroatoms. The molecule has 2 aromatic heterocycles. The average Bonchev–Trinajstić information content (AvgIpc) is 3.90. The molecular formula is C59H67FN8O8S. The largest absolute Gasteiger partial charge is 0.497 e. The van der Waals surface area contributed by atoms with E-state index in [1.54, 1.807) is 26.4 Å². The molecule has 5 aliphatic carbocycles. The molecule has 7 fully saturated rings. The first-order valence-electron chi connectivity index (χ1n) is 27.0. The summed E-state index contributed by atoms with van der Waals surface area (Å²) in [6.45, 7) is 10.3. The van der Waals surface area contributed by atoms with Crippen LogP contribution in [0.2, 0.25) is 0 Å². The lowest BCUT2D eigenvalue weighted by Gasteiger charge is -2.63. The van der Waals surface area contributed by atoms with Gasteiger partial charge in [-0.05, 0) is 134 Å². The van der Waals surface area contributed by atoms with E-state index in [1.807, 2.05) is 12.1 Å². The van der Waals surface area contributed by atoms with Crippen molar-refractivity contribution in [1.29, 1.82) is 0 Å². The van der Waals surface area contributed by atoms with Crippen molar-refractivity contribution in [3.8, 4) is 17.2 Å². The third kappa shape index (κ3) is 9.80. The highest BCUT2D eigenvalue weighted by Crippen LogP contribution is 2.63. The van der Waals surface area contributed by atoms with E-state index in [0.717, 1.165) is 102 Å². The minimum absolute atomic E-state index is 0.0318. The summed E-state index contributed by atoms with van der Waals surface area (Å²) in [4.78, 5) is 40.3. The van der Waals surface area contributed by atoms with Crippen LogP contribution in [0, 0.1) is 38.6 Å². The Morgan fingerprint density at radius 3 is 2.43 bits per heavy atom. The van der Waals surface area contributed by atoms with Crippen LogP contribution >= 0.6 is 0 Å². The van der Waals surface area contributed by atoms with Gasteiger partial charge in [0.15, 0.2) is 0 Å². The Balaban J connectivity index is 0.752. The van der Waals surface area contributed by atoms with Crippen LogP contribution in [0.4, 0.5) is 21.5 Å². The normalized spacial score (nSPS) is 25.0. The molecule has 16 nitrogen and oxygen atoms in total. The van der Waals surface area contributed by atoms with Crippen LogP contribution in [0.15, 0.2) is 108 Å². The van der Waals surface area contributed by atoms with Gasteiger partial charge in [0.1, 0.15) is 34.4 Å². The number of amides is 1. The third-order valence-corrected chi connectivity index (χ3v) is 19.4. The first kappa shape index (κ1) is 51.2. The van der Waals surface area contributed by atoms with Gasteiger partial charge in [0.25, 0.3) is 21.6 Å². The molecule has 2 saturated heterocycles. The highest BCUT2D eigenvalue weighted by Gasteiger charge is 2.58. The topological polar surface area (TPSA) is 184 Å². The Bertz CT molecular complexity index is 3340. The number of anilines is 2. The molecule has 4 aromatic carbocycles. The fraction of sp³-hybridized carbons (Fsp3) is 0.458. The lowest BCUT2D eigenvalue weighted by molar-refractivity contribution is -0.384. The number of piperazine rings is 1. The highest BCUT2D eigenvalue weighted by atomic mass is 32.2. The van der Waals surface area contributed by atoms with Crippen LogP contribution in [-0.4, -0.2) is 104 Å². The zero-order chi connectivity index (χ0) is 53.4. The molecule has 5 saturated carbocycles. The number of hydrogen-bond acceptors (Lipinski definition) is 13. The highest BCUT2D eigenvalue weighted by molar-refractivity contribution is 7.90. The first-order chi connectivity index (χ1) is 37.0. The number of aromatic amines is 1. The predicted octanol–water partition coefficient (Wildman–Crippen LogP) is 10.6. The Labute approximate surface area is 448 Å². The molecule has 1 amide bonds. The number of nitrogens with one attached hydrogen (secondary N) is 3. The molecule has 2 aliphatic heterocycles. The van der Waals surface area contributed by atoms with Gasteiger partial charge in [-0.1, -0.05) is 50.2 Å². The Kier molecular flexibility index (Phi) is 13.1. The van der Waals surface area contributed by atoms with E-state index in [9.17, 15) is 27.7 Å². The summed E-state index contributed by atoms with van der Waals surface area (Å²) in [6, 6.07) is 28.0. The zero-order valence-corrected chi connectivity index (χ0v) is 44.9. The molecule has 1 spiro atoms. The van der Waals surface area contributed by atoms with E-state index in [1.165, 1.54) is 59.8 Å². The van der Waals surface area contributed by atoms with Crippen molar-refractivity contribution in [3.05, 3.63) is 142 Å². The van der Waals surface area contributed by atoms with Gasteiger partial charge in [-0.25, -0.2) is 22.5 Å². The quantitative estimate of drug-likeness (QED) is 0.0580. The minimum atomic E-state index is -4.65. The van der Waals surface area contributed by atoms with Crippen molar-refractivity contribution >= 4 is 44.0 Å². The van der Waals surface area contributed by atoms with Crippen molar-refractivity contribution in [2.45, 2.75) is 100 Å². The Morgan fingerprint density at radius 2 is 1.70 bits per heavy atom. The second-order valence-corrected chi connectivity index (χ2v) is 25.3. The number of pyridine rings is 1. The number of nitrogens with zero attached hydrogens (tertiary/aromatic N) is 5. The van der Waals surface area contributed by atoms with Gasteiger partial charge in [-0.3, -0.25) is 24.7 Å². The van der Waals surface area contributed by atoms with Crippen LogP contribution in [0.25, 0.3) is 11.0 Å². The van der Waals surface area contributed by atoms with E-state index in [0.29, 0.717) is 36.0 Å². The Hall–Kier alpha value is -6.60. The molecule has 7 aliphatic rings. The summed E-state index contributed by atoms with van der Waals surface area (Å²) in [7, 11) is -1.17. The summed E-state index contributed by atoms with van der Waals surface area (Å²) in [5.74, 6) is 0.975. The molecule has 77 heavy (non-hydrogen) atoms. The summed E-state index contributed by atoms with van der Waals surface area (Å²) >= 11 is 0. The number of fused-ring (bicyclic) bond motifs is 1. The van der Waals surface area contributed by atoms with Gasteiger partial charge in [0.05, 0.1) is 39.7 Å². The monoisotopic (exact) mass is 1070 g/mol. The summed E-state index contributed by atoms with van der Waals surface area (Å²) in [5.41, 5.74) is 4.68. The number of carbonyl (C=O) groups is 1. The van der Waals surface area contributed by atoms with Gasteiger partial charge in [0, 0.05) is 94.4 Å². The van der Waals surface area contributed by atoms with Crippen LogP contribution in [-0.2, 0) is 21.3 Å². The fourth-order valence-corrected chi connectivity index (χ4v) is 15.8. The predicted molar refractivity (Wildman–Crippen MR) is 292 cm³/mol. The molecule has 5 atom stereocenters. The molecule has 3 N–H and O–H groups in total. The van der Waals surface area contributed by atoms with Gasteiger partial charge >= 0.3 is 0 Å². The molecule has 2 unspecified atom stereocenters. The first-order valence-corrected chi connectivity index (χ1v) is 28.5. The maximum Gasteiger partial charge on any atom is 0.293 e. The van der Waals surface area contributed by atoms with E-state index in [-0.39, 0.29) is 50.6 Å². The average molecular weight is 1070 g/mol. The Morgan fingerprint density at radius 1 is 0.935 bits per heavy atom. The molecule has 4 bridgehead atoms. The lowest BCUT2D eigenvalue weighted by Crippen LogP contribution is -2.68. The van der Waals surface area contributed by atoms with Gasteiger partial charge in [0.2, 0.25) is 0 Å². The van der Waals surface area contributed by atoms with Crippen LogP contribution in [0.1, 0.15) is 104 Å². The number of halogens is 1. The van der Waals surface area contributed by atoms with Crippen molar-refractivity contribution in [2.75, 3.05) is 63.7 Å². The van der Waals surface area contributed by atoms with Crippen LogP contribution < -0.4 is 24.4 Å². The smallest absolute Gasteiger partial charge is 0.293 e. The number of carbonyl (C=O) groups excluding carboxylic acids is 1. The third-order valence-electron chi connectivity index (χ3n) is 18.1. The van der Waals surface area contributed by atoms with E-state index in [4.69, 9.17) is 14.2 Å². The molecular weight excluding hydrogens is 1000 g/mol. The van der Waals surface area contributed by atoms with Crippen LogP contribution in [0.5, 0.6) is 17.2 Å². The van der Waals surface area contributed by atoms with E-state index < -0.39 is 37.3 Å². The minimum Gasteiger partial charge on any atom is -0.497 e. The standard InChI is InChI=1S/C59H67FN8O8S/c1-37(2)46-7-5-6-8-47(46)53-32-65(31-38-9-12-43(74-3)13-10-38)17-18-67(53)42-27-58(28-42)35-66(36-58)41-11-15-48(54(20-41)76-44-21-49-50(60)30-62-55(49)61-29-44)56(69)64-77(72,73)45-14-16-51(52(22-45)68(70)71)63-34-57-23-39-19-40(24-57)26-59(25-39,33-57)75-4/h5-16,20-22,29-30,37,39-40,42,53,63H,17-19,23-28,31-36H2,1-4H3,(H,61,62)(H,64,69)/t39-,40+,53-,57?,59?/m0/s1. The number of H-pyrrole nitrogens is 1. The van der Waals surface area contributed by atoms with Crippen LogP contribution in [0.3, 0.4) is 0 Å². The molecule has 6 aromatic rings.